The van der Waals surface area contributed by atoms with Gasteiger partial charge in [-0.15, -0.1) is 0 Å². The largest absolute Gasteiger partial charge is 0.310 e. The lowest BCUT2D eigenvalue weighted by molar-refractivity contribution is 0.0846. The van der Waals surface area contributed by atoms with Crippen LogP contribution in [0.1, 0.15) is 26.3 Å². The molecule has 142 valence electrons. The Balaban J connectivity index is 1.68. The summed E-state index contributed by atoms with van der Waals surface area (Å²) in [5.74, 6) is -3.74. The molecule has 1 aromatic heterocycles. The average molecular weight is 383 g/mol. The van der Waals surface area contributed by atoms with Gasteiger partial charge in [-0.3, -0.25) is 25.2 Å². The molecule has 28 heavy (non-hydrogen) atoms. The number of aromatic nitrogens is 1. The van der Waals surface area contributed by atoms with Gasteiger partial charge in [-0.2, -0.15) is 0 Å². The van der Waals surface area contributed by atoms with Crippen LogP contribution >= 0.6 is 0 Å². The normalized spacial score (nSPS) is 10.4. The lowest BCUT2D eigenvalue weighted by Crippen LogP contribution is -2.42. The molecule has 0 aliphatic heterocycles. The molecule has 0 saturated carbocycles. The molecule has 0 atom stereocenters. The van der Waals surface area contributed by atoms with Crippen molar-refractivity contribution in [3.05, 3.63) is 106 Å². The first-order valence-corrected chi connectivity index (χ1v) is 8.24. The van der Waals surface area contributed by atoms with Crippen LogP contribution in [-0.2, 0) is 6.54 Å². The standard InChI is InChI=1S/C20H15F2N3O3/c21-16-8-6-14(10-17(16)22)19(27)23-24-20(28)15-7-9-18(26)25(12-15)11-13-4-2-1-3-5-13/h1-10,12H,11H2,(H,23,27)(H,24,28). The lowest BCUT2D eigenvalue weighted by atomic mass is 10.2. The number of carbonyl (C=O) groups excluding carboxylic acids is 2. The van der Waals surface area contributed by atoms with Crippen molar-refractivity contribution >= 4 is 11.8 Å². The molecule has 0 radical (unpaired) electrons. The molecule has 2 N–H and O–H groups in total. The van der Waals surface area contributed by atoms with Crippen LogP contribution in [-0.4, -0.2) is 16.4 Å². The van der Waals surface area contributed by atoms with Crippen molar-refractivity contribution < 1.29 is 18.4 Å². The van der Waals surface area contributed by atoms with Gasteiger partial charge in [-0.25, -0.2) is 8.78 Å². The van der Waals surface area contributed by atoms with Crippen LogP contribution in [0.15, 0.2) is 71.7 Å². The molecule has 6 nitrogen and oxygen atoms in total. The van der Waals surface area contributed by atoms with E-state index in [1.807, 2.05) is 30.3 Å². The Bertz CT molecular complexity index is 1080. The number of benzene rings is 2. The number of amides is 2. The Labute approximate surface area is 158 Å². The van der Waals surface area contributed by atoms with E-state index >= 15 is 0 Å². The van der Waals surface area contributed by atoms with E-state index in [1.54, 1.807) is 0 Å². The van der Waals surface area contributed by atoms with Crippen LogP contribution in [0.5, 0.6) is 0 Å². The fraction of sp³-hybridized carbons (Fsp3) is 0.0500. The van der Waals surface area contributed by atoms with E-state index in [1.165, 1.54) is 22.9 Å². The second-order valence-corrected chi connectivity index (χ2v) is 5.91. The Kier molecular flexibility index (Phi) is 5.59. The van der Waals surface area contributed by atoms with Crippen LogP contribution in [0.2, 0.25) is 0 Å². The maximum absolute atomic E-state index is 13.2. The number of nitrogens with zero attached hydrogens (tertiary/aromatic N) is 1. The quantitative estimate of drug-likeness (QED) is 0.678. The minimum atomic E-state index is -1.17. The minimum absolute atomic E-state index is 0.140. The zero-order valence-corrected chi connectivity index (χ0v) is 14.5. The number of carbonyl (C=O) groups is 2. The van der Waals surface area contributed by atoms with Crippen LogP contribution in [0, 0.1) is 11.6 Å². The fourth-order valence-corrected chi connectivity index (χ4v) is 2.46. The lowest BCUT2D eigenvalue weighted by Gasteiger charge is -2.10. The summed E-state index contributed by atoms with van der Waals surface area (Å²) in [6.07, 6.45) is 1.37. The second kappa shape index (κ2) is 8.26. The summed E-state index contributed by atoms with van der Waals surface area (Å²) in [6.45, 7) is 0.280. The number of pyridine rings is 1. The summed E-state index contributed by atoms with van der Waals surface area (Å²) in [5.41, 5.74) is 4.86. The van der Waals surface area contributed by atoms with E-state index in [0.717, 1.165) is 23.8 Å². The number of nitrogens with one attached hydrogen (secondary N) is 2. The van der Waals surface area contributed by atoms with Crippen LogP contribution < -0.4 is 16.4 Å². The first-order chi connectivity index (χ1) is 13.4. The highest BCUT2D eigenvalue weighted by molar-refractivity contribution is 5.98. The average Bonchev–Trinajstić information content (AvgIpc) is 2.70. The Hall–Kier alpha value is -3.81. The molecule has 3 rings (SSSR count). The third-order valence-electron chi connectivity index (χ3n) is 3.91. The minimum Gasteiger partial charge on any atom is -0.310 e. The molecule has 0 unspecified atom stereocenters. The van der Waals surface area contributed by atoms with Crippen molar-refractivity contribution in [1.82, 2.24) is 15.4 Å². The number of hydrazine groups is 1. The van der Waals surface area contributed by atoms with Gasteiger partial charge in [0, 0.05) is 17.8 Å². The van der Waals surface area contributed by atoms with E-state index < -0.39 is 23.4 Å². The van der Waals surface area contributed by atoms with Crippen LogP contribution in [0.3, 0.4) is 0 Å². The van der Waals surface area contributed by atoms with Gasteiger partial charge in [-0.1, -0.05) is 30.3 Å². The topological polar surface area (TPSA) is 80.2 Å². The van der Waals surface area contributed by atoms with E-state index in [2.05, 4.69) is 10.9 Å². The molecular formula is C20H15F2N3O3. The summed E-state index contributed by atoms with van der Waals surface area (Å²) in [5, 5.41) is 0. The summed E-state index contributed by atoms with van der Waals surface area (Å²) < 4.78 is 27.5. The molecule has 0 fully saturated rings. The zero-order chi connectivity index (χ0) is 20.1. The first kappa shape index (κ1) is 19.0. The fourth-order valence-electron chi connectivity index (χ4n) is 2.46. The number of halogens is 2. The second-order valence-electron chi connectivity index (χ2n) is 5.91. The van der Waals surface area contributed by atoms with E-state index in [9.17, 15) is 23.2 Å². The highest BCUT2D eigenvalue weighted by atomic mass is 19.2. The van der Waals surface area contributed by atoms with E-state index in [4.69, 9.17) is 0 Å². The predicted octanol–water partition coefficient (Wildman–Crippen LogP) is 2.25. The van der Waals surface area contributed by atoms with Gasteiger partial charge in [0.2, 0.25) is 0 Å². The molecule has 0 aliphatic carbocycles. The molecule has 2 amide bonds. The van der Waals surface area contributed by atoms with E-state index in [-0.39, 0.29) is 23.2 Å². The third kappa shape index (κ3) is 4.47. The van der Waals surface area contributed by atoms with Crippen molar-refractivity contribution in [3.63, 3.8) is 0 Å². The van der Waals surface area contributed by atoms with Crippen molar-refractivity contribution in [1.29, 1.82) is 0 Å². The smallest absolute Gasteiger partial charge is 0.271 e. The van der Waals surface area contributed by atoms with Gasteiger partial charge in [0.05, 0.1) is 12.1 Å². The molecule has 1 heterocycles. The van der Waals surface area contributed by atoms with Crippen molar-refractivity contribution in [2.45, 2.75) is 6.54 Å². The molecule has 2 aromatic carbocycles. The molecule has 0 aliphatic rings. The van der Waals surface area contributed by atoms with Gasteiger partial charge in [0.15, 0.2) is 11.6 Å². The van der Waals surface area contributed by atoms with E-state index in [0.29, 0.717) is 0 Å². The summed E-state index contributed by atoms with van der Waals surface area (Å²) >= 11 is 0. The van der Waals surface area contributed by atoms with Gasteiger partial charge in [0.25, 0.3) is 17.4 Å². The monoisotopic (exact) mass is 383 g/mol. The number of hydrogen-bond acceptors (Lipinski definition) is 3. The molecular weight excluding hydrogens is 368 g/mol. The van der Waals surface area contributed by atoms with Gasteiger partial charge in [-0.05, 0) is 29.8 Å². The Morgan fingerprint density at radius 3 is 2.14 bits per heavy atom. The molecule has 0 bridgehead atoms. The Morgan fingerprint density at radius 1 is 0.821 bits per heavy atom. The summed E-state index contributed by atoms with van der Waals surface area (Å²) in [6, 6.07) is 14.4. The van der Waals surface area contributed by atoms with Gasteiger partial charge < -0.3 is 4.57 Å². The highest BCUT2D eigenvalue weighted by Gasteiger charge is 2.12. The number of hydrogen-bond donors (Lipinski definition) is 2. The molecule has 8 heteroatoms. The summed E-state index contributed by atoms with van der Waals surface area (Å²) in [4.78, 5) is 36.2. The maximum atomic E-state index is 13.2. The third-order valence-corrected chi connectivity index (χ3v) is 3.91. The zero-order valence-electron chi connectivity index (χ0n) is 14.5. The van der Waals surface area contributed by atoms with Crippen LogP contribution in [0.4, 0.5) is 8.78 Å². The van der Waals surface area contributed by atoms with Gasteiger partial charge >= 0.3 is 0 Å². The van der Waals surface area contributed by atoms with Crippen molar-refractivity contribution in [2.75, 3.05) is 0 Å². The maximum Gasteiger partial charge on any atom is 0.271 e. The SMILES string of the molecule is O=C(NNC(=O)c1ccc(=O)n(Cc2ccccc2)c1)c1ccc(F)c(F)c1. The molecule has 0 saturated heterocycles. The Morgan fingerprint density at radius 2 is 1.46 bits per heavy atom. The van der Waals surface area contributed by atoms with Crippen molar-refractivity contribution in [2.24, 2.45) is 0 Å². The highest BCUT2D eigenvalue weighted by Crippen LogP contribution is 2.08. The first-order valence-electron chi connectivity index (χ1n) is 8.24. The number of rotatable bonds is 4. The summed E-state index contributed by atoms with van der Waals surface area (Å²) in [7, 11) is 0. The van der Waals surface area contributed by atoms with Crippen molar-refractivity contribution in [3.8, 4) is 0 Å². The van der Waals surface area contributed by atoms with Crippen LogP contribution in [0.25, 0.3) is 0 Å². The molecule has 0 spiro atoms. The molecule has 3 aromatic rings. The van der Waals surface area contributed by atoms with Gasteiger partial charge in [0.1, 0.15) is 0 Å². The predicted molar refractivity (Wildman–Crippen MR) is 97.5 cm³/mol.